The van der Waals surface area contributed by atoms with E-state index in [-0.39, 0.29) is 23.0 Å². The Labute approximate surface area is 206 Å². The lowest BCUT2D eigenvalue weighted by Gasteiger charge is -2.23. The molecule has 0 saturated heterocycles. The zero-order chi connectivity index (χ0) is 25.0. The number of benzene rings is 1. The molecule has 0 radical (unpaired) electrons. The number of nitrogens with one attached hydrogen (secondary N) is 1. The molecule has 3 aromatic rings. The van der Waals surface area contributed by atoms with Crippen molar-refractivity contribution in [1.82, 2.24) is 14.7 Å². The van der Waals surface area contributed by atoms with Crippen LogP contribution in [0.4, 0.5) is 5.69 Å². The summed E-state index contributed by atoms with van der Waals surface area (Å²) >= 11 is 0. The average molecular weight is 482 g/mol. The number of fused-ring (bicyclic) bond motifs is 1. The third-order valence-corrected chi connectivity index (χ3v) is 6.48. The van der Waals surface area contributed by atoms with Gasteiger partial charge in [0.1, 0.15) is 11.7 Å². The molecule has 1 atom stereocenters. The van der Waals surface area contributed by atoms with Crippen molar-refractivity contribution in [2.45, 2.75) is 26.3 Å². The molecule has 9 heteroatoms. The molecule has 180 valence electrons. The summed E-state index contributed by atoms with van der Waals surface area (Å²) in [4.78, 5) is 49.9. The van der Waals surface area contributed by atoms with E-state index in [9.17, 15) is 14.4 Å². The van der Waals surface area contributed by atoms with Gasteiger partial charge < -0.3 is 9.64 Å². The molecule has 0 saturated carbocycles. The van der Waals surface area contributed by atoms with Gasteiger partial charge in [0.05, 0.1) is 41.0 Å². The van der Waals surface area contributed by atoms with Gasteiger partial charge in [-0.3, -0.25) is 24.3 Å². The maximum atomic E-state index is 13.1. The summed E-state index contributed by atoms with van der Waals surface area (Å²) in [6.07, 6.45) is 7.14. The molecule has 3 aliphatic rings. The van der Waals surface area contributed by atoms with Gasteiger partial charge in [0.2, 0.25) is 0 Å². The molecule has 3 aliphatic heterocycles. The van der Waals surface area contributed by atoms with Crippen LogP contribution in [0.3, 0.4) is 0 Å². The highest BCUT2D eigenvalue weighted by atomic mass is 16.5. The number of hydrogen-bond donors (Lipinski definition) is 1. The first-order valence-corrected chi connectivity index (χ1v) is 11.8. The number of nitrogens with zero attached hydrogens (tertiary/aromatic N) is 4. The lowest BCUT2D eigenvalue weighted by Crippen LogP contribution is -2.37. The van der Waals surface area contributed by atoms with Crippen LogP contribution in [-0.2, 0) is 25.5 Å². The van der Waals surface area contributed by atoms with Gasteiger partial charge >= 0.3 is 5.97 Å². The van der Waals surface area contributed by atoms with Crippen LogP contribution in [0.15, 0.2) is 71.8 Å². The van der Waals surface area contributed by atoms with Crippen LogP contribution in [0.1, 0.15) is 30.7 Å². The molecule has 2 amide bonds. The predicted molar refractivity (Wildman–Crippen MR) is 133 cm³/mol. The van der Waals surface area contributed by atoms with Crippen LogP contribution in [0.5, 0.6) is 0 Å². The van der Waals surface area contributed by atoms with Gasteiger partial charge in [-0.2, -0.15) is 0 Å². The monoisotopic (exact) mass is 481 g/mol. The number of carbonyl (C=O) groups excluding carboxylic acids is 3. The summed E-state index contributed by atoms with van der Waals surface area (Å²) in [5.74, 6) is -1.11. The van der Waals surface area contributed by atoms with Crippen LogP contribution in [-0.4, -0.2) is 45.5 Å². The lowest BCUT2D eigenvalue weighted by molar-refractivity contribution is -0.146. The second-order valence-electron chi connectivity index (χ2n) is 9.35. The average Bonchev–Trinajstić information content (AvgIpc) is 3.49. The number of amides is 2. The van der Waals surface area contributed by atoms with E-state index in [2.05, 4.69) is 15.3 Å². The fraction of sp³-hybridized carbons (Fsp3) is 0.222. The standard InChI is InChI=1S/C27H23N5O4/c1-15(2)14-36-27(35)18-12-16-6-5-7-17-23(28-9-11-32(18)24(16)17)22-21(25(33)30-26(22)34)19-13-29-20-8-3-4-10-31(19)20/h3-11,13,15,18H,12,14H2,1-2H3,(H,30,33,34). The molecule has 36 heavy (non-hydrogen) atoms. The molecule has 1 aromatic carbocycles. The smallest absolute Gasteiger partial charge is 0.329 e. The molecule has 1 unspecified atom stereocenters. The number of imidazole rings is 1. The van der Waals surface area contributed by atoms with Crippen molar-refractivity contribution >= 4 is 40.4 Å². The van der Waals surface area contributed by atoms with Crippen molar-refractivity contribution in [1.29, 1.82) is 0 Å². The molecular formula is C27H23N5O4. The van der Waals surface area contributed by atoms with Crippen LogP contribution >= 0.6 is 0 Å². The minimum Gasteiger partial charge on any atom is -0.464 e. The Hall–Kier alpha value is -4.53. The Balaban J connectivity index is 1.48. The highest BCUT2D eigenvalue weighted by Crippen LogP contribution is 2.40. The van der Waals surface area contributed by atoms with Gasteiger partial charge in [-0.25, -0.2) is 9.78 Å². The zero-order valence-corrected chi connectivity index (χ0v) is 19.8. The topological polar surface area (TPSA) is 105 Å². The Morgan fingerprint density at radius 2 is 1.97 bits per heavy atom. The number of anilines is 1. The number of esters is 1. The molecular weight excluding hydrogens is 458 g/mol. The number of ether oxygens (including phenoxy) is 1. The SMILES string of the molecule is CC(C)COC(=O)C1Cc2cccc3c2N1C=CN=C3C1=C(c2cnc3ccccn23)C(=O)NC1=O. The Morgan fingerprint density at radius 1 is 1.14 bits per heavy atom. The van der Waals surface area contributed by atoms with Gasteiger partial charge in [0.25, 0.3) is 11.8 Å². The maximum absolute atomic E-state index is 13.1. The van der Waals surface area contributed by atoms with Crippen molar-refractivity contribution in [3.05, 3.63) is 83.6 Å². The summed E-state index contributed by atoms with van der Waals surface area (Å²) in [6, 6.07) is 10.7. The highest BCUT2D eigenvalue weighted by molar-refractivity contribution is 6.47. The fourth-order valence-electron chi connectivity index (χ4n) is 4.93. The Bertz CT molecular complexity index is 1540. The van der Waals surface area contributed by atoms with Crippen molar-refractivity contribution < 1.29 is 19.1 Å². The Morgan fingerprint density at radius 3 is 2.81 bits per heavy atom. The third kappa shape index (κ3) is 3.35. The van der Waals surface area contributed by atoms with Crippen LogP contribution in [0.25, 0.3) is 11.2 Å². The number of hydrogen-bond acceptors (Lipinski definition) is 7. The van der Waals surface area contributed by atoms with E-state index in [1.54, 1.807) is 29.2 Å². The zero-order valence-electron chi connectivity index (χ0n) is 19.8. The van der Waals surface area contributed by atoms with Gasteiger partial charge in [-0.05, 0) is 23.6 Å². The number of pyridine rings is 1. The fourth-order valence-corrected chi connectivity index (χ4v) is 4.93. The van der Waals surface area contributed by atoms with Gasteiger partial charge in [0.15, 0.2) is 0 Å². The van der Waals surface area contributed by atoms with Gasteiger partial charge in [0, 0.05) is 30.6 Å². The number of rotatable bonds is 5. The molecule has 2 aromatic heterocycles. The molecule has 0 bridgehead atoms. The summed E-state index contributed by atoms with van der Waals surface area (Å²) in [7, 11) is 0. The molecule has 9 nitrogen and oxygen atoms in total. The molecule has 5 heterocycles. The minimum atomic E-state index is -0.531. The summed E-state index contributed by atoms with van der Waals surface area (Å²) in [5, 5.41) is 2.43. The number of para-hydroxylation sites is 1. The predicted octanol–water partition coefficient (Wildman–Crippen LogP) is 2.65. The number of imide groups is 1. The molecule has 0 fully saturated rings. The maximum Gasteiger partial charge on any atom is 0.329 e. The number of carbonyl (C=O) groups is 3. The van der Waals surface area contributed by atoms with E-state index in [1.165, 1.54) is 0 Å². The number of aliphatic imine (C=N–C) groups is 1. The summed E-state index contributed by atoms with van der Waals surface area (Å²) < 4.78 is 7.31. The summed E-state index contributed by atoms with van der Waals surface area (Å²) in [6.45, 7) is 4.32. The van der Waals surface area contributed by atoms with Crippen LogP contribution < -0.4 is 10.2 Å². The normalized spacial score (nSPS) is 18.6. The largest absolute Gasteiger partial charge is 0.464 e. The van der Waals surface area contributed by atoms with Crippen molar-refractivity contribution in [2.75, 3.05) is 11.5 Å². The van der Waals surface area contributed by atoms with Crippen molar-refractivity contribution in [2.24, 2.45) is 10.9 Å². The van der Waals surface area contributed by atoms with E-state index in [0.29, 0.717) is 35.6 Å². The Kier molecular flexibility index (Phi) is 5.06. The first kappa shape index (κ1) is 22.0. The first-order chi connectivity index (χ1) is 17.4. The number of aromatic nitrogens is 2. The van der Waals surface area contributed by atoms with Crippen LogP contribution in [0, 0.1) is 5.92 Å². The minimum absolute atomic E-state index is 0.177. The molecule has 1 N–H and O–H groups in total. The molecule has 0 spiro atoms. The molecule has 6 rings (SSSR count). The first-order valence-electron chi connectivity index (χ1n) is 11.8. The van der Waals surface area contributed by atoms with E-state index in [0.717, 1.165) is 11.3 Å². The van der Waals surface area contributed by atoms with E-state index in [1.807, 2.05) is 55.1 Å². The highest BCUT2D eigenvalue weighted by Gasteiger charge is 2.41. The second-order valence-corrected chi connectivity index (χ2v) is 9.35. The van der Waals surface area contributed by atoms with Gasteiger partial charge in [-0.1, -0.05) is 38.1 Å². The second kappa shape index (κ2) is 8.30. The van der Waals surface area contributed by atoms with Crippen LogP contribution in [0.2, 0.25) is 0 Å². The third-order valence-electron chi connectivity index (χ3n) is 6.48. The van der Waals surface area contributed by atoms with E-state index < -0.39 is 17.9 Å². The summed E-state index contributed by atoms with van der Waals surface area (Å²) in [5.41, 5.74) is 4.31. The van der Waals surface area contributed by atoms with E-state index >= 15 is 0 Å². The van der Waals surface area contributed by atoms with Crippen molar-refractivity contribution in [3.8, 4) is 0 Å². The van der Waals surface area contributed by atoms with Gasteiger partial charge in [-0.15, -0.1) is 0 Å². The quantitative estimate of drug-likeness (QED) is 0.444. The van der Waals surface area contributed by atoms with E-state index in [4.69, 9.17) is 4.74 Å². The molecule has 0 aliphatic carbocycles. The lowest BCUT2D eigenvalue weighted by atomic mass is 9.94. The van der Waals surface area contributed by atoms with Crippen molar-refractivity contribution in [3.63, 3.8) is 0 Å².